The number of allylic oxidation sites excluding steroid dienone is 6. The lowest BCUT2D eigenvalue weighted by Crippen LogP contribution is -2.27. The molecule has 0 saturated carbocycles. The molecule has 0 saturated heterocycles. The van der Waals surface area contributed by atoms with E-state index in [9.17, 15) is 9.90 Å². The van der Waals surface area contributed by atoms with E-state index in [1.807, 2.05) is 0 Å². The Balaban J connectivity index is 3.40. The maximum absolute atomic E-state index is 12.2. The number of carbonyl (C=O) groups excluding carboxylic acids is 1. The van der Waals surface area contributed by atoms with Crippen molar-refractivity contribution >= 4 is 5.97 Å². The van der Waals surface area contributed by atoms with Crippen molar-refractivity contribution in [3.05, 3.63) is 36.5 Å². The van der Waals surface area contributed by atoms with Crippen molar-refractivity contribution in [1.29, 1.82) is 0 Å². The molecule has 1 unspecified atom stereocenters. The van der Waals surface area contributed by atoms with Gasteiger partial charge in [-0.2, -0.15) is 0 Å². The molecular formula is C47H88O4. The van der Waals surface area contributed by atoms with E-state index in [0.717, 1.165) is 25.7 Å². The summed E-state index contributed by atoms with van der Waals surface area (Å²) < 4.78 is 11.2. The topological polar surface area (TPSA) is 55.8 Å². The van der Waals surface area contributed by atoms with Gasteiger partial charge in [0, 0.05) is 13.0 Å². The van der Waals surface area contributed by atoms with Crippen LogP contribution < -0.4 is 0 Å². The number of ether oxygens (including phenoxy) is 2. The summed E-state index contributed by atoms with van der Waals surface area (Å²) >= 11 is 0. The van der Waals surface area contributed by atoms with Gasteiger partial charge in [-0.05, 0) is 70.6 Å². The maximum Gasteiger partial charge on any atom is 0.306 e. The molecule has 0 spiro atoms. The lowest BCUT2D eigenvalue weighted by atomic mass is 10.0. The number of aliphatic hydroxyl groups is 1. The second-order valence-electron chi connectivity index (χ2n) is 15.1. The van der Waals surface area contributed by atoms with Crippen molar-refractivity contribution < 1.29 is 19.4 Å². The summed E-state index contributed by atoms with van der Waals surface area (Å²) in [5.41, 5.74) is 0. The average molecular weight is 717 g/mol. The van der Waals surface area contributed by atoms with E-state index in [-0.39, 0.29) is 12.6 Å². The van der Waals surface area contributed by atoms with Gasteiger partial charge in [0.1, 0.15) is 6.10 Å². The van der Waals surface area contributed by atoms with Crippen LogP contribution in [0.3, 0.4) is 0 Å². The lowest BCUT2D eigenvalue weighted by Gasteiger charge is -2.15. The van der Waals surface area contributed by atoms with Gasteiger partial charge in [0.25, 0.3) is 0 Å². The molecule has 0 rings (SSSR count). The first-order valence-electron chi connectivity index (χ1n) is 22.6. The Kier molecular flexibility index (Phi) is 43.5. The fraction of sp³-hybridized carbons (Fsp3) is 0.851. The highest BCUT2D eigenvalue weighted by molar-refractivity contribution is 5.69. The number of carbonyl (C=O) groups is 1. The third-order valence-electron chi connectivity index (χ3n) is 9.94. The van der Waals surface area contributed by atoms with Crippen molar-refractivity contribution in [2.75, 3.05) is 19.8 Å². The predicted octanol–water partition coefficient (Wildman–Crippen LogP) is 14.9. The van der Waals surface area contributed by atoms with Gasteiger partial charge < -0.3 is 14.6 Å². The molecule has 0 radical (unpaired) electrons. The van der Waals surface area contributed by atoms with E-state index >= 15 is 0 Å². The minimum Gasteiger partial charge on any atom is -0.457 e. The maximum atomic E-state index is 12.2. The second kappa shape index (κ2) is 44.8. The van der Waals surface area contributed by atoms with E-state index in [2.05, 4.69) is 50.3 Å². The Morgan fingerprint density at radius 2 is 0.824 bits per heavy atom. The standard InChI is InChI=1S/C47H88O4/c1-3-5-7-9-11-13-15-17-19-20-21-22-23-24-25-26-27-29-31-33-35-37-39-41-43-50-45-46(44-48)51-47(49)42-40-38-36-34-32-30-28-18-16-14-12-10-8-6-4-2/h15,17-18,20-21,28,46,48H,3-14,16,19,22-27,29-45H2,1-2H3/b17-15-,21-20-,28-18-. The summed E-state index contributed by atoms with van der Waals surface area (Å²) in [5, 5.41) is 9.60. The van der Waals surface area contributed by atoms with E-state index in [1.54, 1.807) is 0 Å². The highest BCUT2D eigenvalue weighted by atomic mass is 16.6. The molecule has 1 N–H and O–H groups in total. The summed E-state index contributed by atoms with van der Waals surface area (Å²) in [7, 11) is 0. The van der Waals surface area contributed by atoms with Crippen LogP contribution in [0.5, 0.6) is 0 Å². The Morgan fingerprint density at radius 1 is 0.471 bits per heavy atom. The Hall–Kier alpha value is -1.39. The van der Waals surface area contributed by atoms with Crippen molar-refractivity contribution in [2.24, 2.45) is 0 Å². The van der Waals surface area contributed by atoms with Crippen molar-refractivity contribution in [3.8, 4) is 0 Å². The molecule has 4 heteroatoms. The Labute approximate surface area is 319 Å². The molecule has 0 bridgehead atoms. The third-order valence-corrected chi connectivity index (χ3v) is 9.94. The number of hydrogen-bond acceptors (Lipinski definition) is 4. The first-order valence-corrected chi connectivity index (χ1v) is 22.6. The van der Waals surface area contributed by atoms with Gasteiger partial charge in [-0.1, -0.05) is 192 Å². The smallest absolute Gasteiger partial charge is 0.306 e. The molecule has 0 fully saturated rings. The van der Waals surface area contributed by atoms with Gasteiger partial charge in [-0.15, -0.1) is 0 Å². The van der Waals surface area contributed by atoms with E-state index in [4.69, 9.17) is 9.47 Å². The molecule has 51 heavy (non-hydrogen) atoms. The SMILES string of the molecule is CCCCCCC/C=C\C/C=C\CCCCCCCCCCCCCCOCC(CO)OC(=O)CCCCCCC/C=C\CCCCCCCC. The molecule has 0 amide bonds. The van der Waals surface area contributed by atoms with Crippen LogP contribution in [0.25, 0.3) is 0 Å². The lowest BCUT2D eigenvalue weighted by molar-refractivity contribution is -0.154. The minimum absolute atomic E-state index is 0.174. The number of hydrogen-bond donors (Lipinski definition) is 1. The molecule has 0 aromatic carbocycles. The van der Waals surface area contributed by atoms with Gasteiger partial charge >= 0.3 is 5.97 Å². The van der Waals surface area contributed by atoms with Crippen molar-refractivity contribution in [1.82, 2.24) is 0 Å². The number of esters is 1. The molecule has 0 aliphatic rings. The van der Waals surface area contributed by atoms with Gasteiger partial charge in [0.15, 0.2) is 0 Å². The molecular weight excluding hydrogens is 629 g/mol. The summed E-state index contributed by atoms with van der Waals surface area (Å²) in [6.07, 6.45) is 56.4. The van der Waals surface area contributed by atoms with Crippen LogP contribution >= 0.6 is 0 Å². The molecule has 4 nitrogen and oxygen atoms in total. The predicted molar refractivity (Wildman–Crippen MR) is 224 cm³/mol. The largest absolute Gasteiger partial charge is 0.457 e. The van der Waals surface area contributed by atoms with Crippen molar-refractivity contribution in [2.45, 2.75) is 238 Å². The molecule has 1 atom stereocenters. The molecule has 300 valence electrons. The Morgan fingerprint density at radius 3 is 1.24 bits per heavy atom. The van der Waals surface area contributed by atoms with Crippen LogP contribution in [0.4, 0.5) is 0 Å². The fourth-order valence-electron chi connectivity index (χ4n) is 6.53. The highest BCUT2D eigenvalue weighted by Gasteiger charge is 2.13. The summed E-state index contributed by atoms with van der Waals surface area (Å²) in [5.74, 6) is -0.208. The number of unbranched alkanes of at least 4 members (excludes halogenated alkanes) is 28. The molecule has 0 aromatic heterocycles. The first-order chi connectivity index (χ1) is 25.2. The van der Waals surface area contributed by atoms with Crippen LogP contribution in [0.1, 0.15) is 232 Å². The quantitative estimate of drug-likeness (QED) is 0.0388. The zero-order valence-corrected chi connectivity index (χ0v) is 34.4. The summed E-state index contributed by atoms with van der Waals surface area (Å²) in [6.45, 7) is 5.34. The van der Waals surface area contributed by atoms with E-state index < -0.39 is 6.10 Å². The van der Waals surface area contributed by atoms with Gasteiger partial charge in [-0.25, -0.2) is 0 Å². The van der Waals surface area contributed by atoms with Gasteiger partial charge in [-0.3, -0.25) is 4.79 Å². The molecule has 0 heterocycles. The summed E-state index contributed by atoms with van der Waals surface area (Å²) in [6, 6.07) is 0. The van der Waals surface area contributed by atoms with Gasteiger partial charge in [0.2, 0.25) is 0 Å². The number of aliphatic hydroxyl groups excluding tert-OH is 1. The van der Waals surface area contributed by atoms with E-state index in [1.165, 1.54) is 186 Å². The molecule has 0 aliphatic heterocycles. The molecule has 0 aromatic rings. The zero-order chi connectivity index (χ0) is 37.0. The van der Waals surface area contributed by atoms with Crippen LogP contribution in [-0.4, -0.2) is 37.0 Å². The van der Waals surface area contributed by atoms with Crippen LogP contribution in [0.2, 0.25) is 0 Å². The summed E-state index contributed by atoms with van der Waals surface area (Å²) in [4.78, 5) is 12.2. The normalized spacial score (nSPS) is 12.6. The van der Waals surface area contributed by atoms with Crippen LogP contribution in [-0.2, 0) is 14.3 Å². The third kappa shape index (κ3) is 42.9. The van der Waals surface area contributed by atoms with Crippen LogP contribution in [0.15, 0.2) is 36.5 Å². The van der Waals surface area contributed by atoms with Crippen molar-refractivity contribution in [3.63, 3.8) is 0 Å². The first kappa shape index (κ1) is 49.6. The average Bonchev–Trinajstić information content (AvgIpc) is 3.14. The fourth-order valence-corrected chi connectivity index (χ4v) is 6.53. The second-order valence-corrected chi connectivity index (χ2v) is 15.1. The van der Waals surface area contributed by atoms with Crippen LogP contribution in [0, 0.1) is 0 Å². The molecule has 0 aliphatic carbocycles. The van der Waals surface area contributed by atoms with E-state index in [0.29, 0.717) is 19.6 Å². The zero-order valence-electron chi connectivity index (χ0n) is 34.4. The minimum atomic E-state index is -0.538. The number of rotatable bonds is 42. The monoisotopic (exact) mass is 717 g/mol. The van der Waals surface area contributed by atoms with Gasteiger partial charge in [0.05, 0.1) is 13.2 Å². The Bertz CT molecular complexity index is 757. The highest BCUT2D eigenvalue weighted by Crippen LogP contribution is 2.14.